The normalized spacial score (nSPS) is 11.8. The van der Waals surface area contributed by atoms with E-state index in [0.29, 0.717) is 0 Å². The lowest BCUT2D eigenvalue weighted by Crippen LogP contribution is -2.22. The van der Waals surface area contributed by atoms with Gasteiger partial charge >= 0.3 is 0 Å². The second kappa shape index (κ2) is 8.35. The van der Waals surface area contributed by atoms with E-state index in [1.54, 1.807) is 0 Å². The number of hydrogen-bond acceptors (Lipinski definition) is 1. The summed E-state index contributed by atoms with van der Waals surface area (Å²) in [5.74, 6) is 0. The number of benzene rings is 6. The van der Waals surface area contributed by atoms with Crippen molar-refractivity contribution in [1.82, 2.24) is 4.90 Å². The predicted octanol–water partition coefficient (Wildman–Crippen LogP) is 8.32. The number of nitrogens with zero attached hydrogens (tertiary/aromatic N) is 1. The quantitative estimate of drug-likeness (QED) is 0.251. The summed E-state index contributed by atoms with van der Waals surface area (Å²) >= 11 is 0. The van der Waals surface area contributed by atoms with Gasteiger partial charge in [-0.1, -0.05) is 104 Å². The summed E-state index contributed by atoms with van der Waals surface area (Å²) in [6.45, 7) is 5.17. The third kappa shape index (κ3) is 3.75. The lowest BCUT2D eigenvalue weighted by molar-refractivity contribution is 0.271. The van der Waals surface area contributed by atoms with Gasteiger partial charge < -0.3 is 0 Å². The third-order valence-electron chi connectivity index (χ3n) is 6.88. The molecule has 0 bridgehead atoms. The molecule has 0 amide bonds. The molecule has 0 unspecified atom stereocenters. The molecular weight excluding hydrogens is 398 g/mol. The van der Waals surface area contributed by atoms with Crippen LogP contribution in [0.4, 0.5) is 0 Å². The molecule has 33 heavy (non-hydrogen) atoms. The molecule has 0 aliphatic carbocycles. The smallest absolute Gasteiger partial charge is 0.0237 e. The third-order valence-corrected chi connectivity index (χ3v) is 6.88. The SMILES string of the molecule is CCN(Cc1ccc2ccc3ccccc3c2c1)Cc1ccc2ccc3ccccc3c2c1. The average Bonchev–Trinajstić information content (AvgIpc) is 2.88. The summed E-state index contributed by atoms with van der Waals surface area (Å²) in [5, 5.41) is 10.6. The van der Waals surface area contributed by atoms with Crippen molar-refractivity contribution >= 4 is 43.1 Å². The molecule has 0 radical (unpaired) electrons. The minimum Gasteiger partial charge on any atom is -0.295 e. The van der Waals surface area contributed by atoms with Gasteiger partial charge in [-0.15, -0.1) is 0 Å². The van der Waals surface area contributed by atoms with Crippen LogP contribution in [-0.2, 0) is 13.1 Å². The minimum absolute atomic E-state index is 0.948. The molecule has 0 aliphatic heterocycles. The van der Waals surface area contributed by atoms with Crippen molar-refractivity contribution in [2.75, 3.05) is 6.54 Å². The van der Waals surface area contributed by atoms with E-state index >= 15 is 0 Å². The molecular formula is C32H27N. The number of hydrogen-bond donors (Lipinski definition) is 0. The van der Waals surface area contributed by atoms with Crippen LogP contribution in [-0.4, -0.2) is 11.4 Å². The fourth-order valence-electron chi connectivity index (χ4n) is 5.09. The van der Waals surface area contributed by atoms with E-state index in [-0.39, 0.29) is 0 Å². The van der Waals surface area contributed by atoms with Crippen molar-refractivity contribution in [3.8, 4) is 0 Å². The topological polar surface area (TPSA) is 3.24 Å². The van der Waals surface area contributed by atoms with E-state index in [1.165, 1.54) is 54.2 Å². The highest BCUT2D eigenvalue weighted by molar-refractivity contribution is 6.08. The zero-order valence-corrected chi connectivity index (χ0v) is 19.0. The Labute approximate surface area is 194 Å². The summed E-state index contributed by atoms with van der Waals surface area (Å²) in [5.41, 5.74) is 2.74. The zero-order valence-electron chi connectivity index (χ0n) is 19.0. The molecule has 160 valence electrons. The molecule has 6 aromatic rings. The minimum atomic E-state index is 0.948. The van der Waals surface area contributed by atoms with Gasteiger partial charge in [0.15, 0.2) is 0 Å². The molecule has 6 aromatic carbocycles. The van der Waals surface area contributed by atoms with Gasteiger partial charge in [-0.05, 0) is 72.9 Å². The van der Waals surface area contributed by atoms with Crippen LogP contribution in [0.1, 0.15) is 18.1 Å². The standard InChI is InChI=1S/C32H27N/c1-2-33(21-23-11-13-27-17-15-25-7-3-5-9-29(25)31(27)19-23)22-24-12-14-28-18-16-26-8-4-6-10-30(26)32(28)20-24/h3-20H,2,21-22H2,1H3. The molecule has 0 aliphatic rings. The summed E-state index contributed by atoms with van der Waals surface area (Å²) in [6, 6.07) is 40.2. The Hall–Kier alpha value is -3.68. The van der Waals surface area contributed by atoms with Crippen LogP contribution in [0.25, 0.3) is 43.1 Å². The van der Waals surface area contributed by atoms with E-state index in [4.69, 9.17) is 0 Å². The van der Waals surface area contributed by atoms with Gasteiger partial charge in [0.05, 0.1) is 0 Å². The summed E-state index contributed by atoms with van der Waals surface area (Å²) in [7, 11) is 0. The Morgan fingerprint density at radius 3 is 1.30 bits per heavy atom. The molecule has 0 N–H and O–H groups in total. The van der Waals surface area contributed by atoms with Gasteiger partial charge in [0.1, 0.15) is 0 Å². The van der Waals surface area contributed by atoms with Crippen molar-refractivity contribution in [2.24, 2.45) is 0 Å². The van der Waals surface area contributed by atoms with Gasteiger partial charge in [-0.25, -0.2) is 0 Å². The summed E-state index contributed by atoms with van der Waals surface area (Å²) < 4.78 is 0. The monoisotopic (exact) mass is 425 g/mol. The van der Waals surface area contributed by atoms with Crippen LogP contribution >= 0.6 is 0 Å². The number of rotatable bonds is 5. The van der Waals surface area contributed by atoms with Crippen LogP contribution in [0, 0.1) is 0 Å². The first-order valence-corrected chi connectivity index (χ1v) is 11.8. The average molecular weight is 426 g/mol. The number of fused-ring (bicyclic) bond motifs is 6. The largest absolute Gasteiger partial charge is 0.295 e. The molecule has 1 heteroatoms. The highest BCUT2D eigenvalue weighted by Crippen LogP contribution is 2.28. The molecule has 1 nitrogen and oxygen atoms in total. The van der Waals surface area contributed by atoms with Gasteiger partial charge in [0.25, 0.3) is 0 Å². The maximum Gasteiger partial charge on any atom is 0.0237 e. The van der Waals surface area contributed by atoms with E-state index < -0.39 is 0 Å². The first-order valence-electron chi connectivity index (χ1n) is 11.8. The zero-order chi connectivity index (χ0) is 22.2. The molecule has 0 saturated carbocycles. The highest BCUT2D eigenvalue weighted by atomic mass is 15.1. The van der Waals surface area contributed by atoms with E-state index in [2.05, 4.69) is 121 Å². The van der Waals surface area contributed by atoms with Gasteiger partial charge in [-0.2, -0.15) is 0 Å². The second-order valence-corrected chi connectivity index (χ2v) is 8.99. The molecule has 6 rings (SSSR count). The fourth-order valence-corrected chi connectivity index (χ4v) is 5.09. The Morgan fingerprint density at radius 2 is 0.848 bits per heavy atom. The Balaban J connectivity index is 1.32. The van der Waals surface area contributed by atoms with Crippen LogP contribution in [0.5, 0.6) is 0 Å². The van der Waals surface area contributed by atoms with E-state index in [1.807, 2.05) is 0 Å². The van der Waals surface area contributed by atoms with Gasteiger partial charge in [0, 0.05) is 13.1 Å². The van der Waals surface area contributed by atoms with E-state index in [9.17, 15) is 0 Å². The van der Waals surface area contributed by atoms with Crippen molar-refractivity contribution in [3.63, 3.8) is 0 Å². The van der Waals surface area contributed by atoms with Crippen molar-refractivity contribution in [2.45, 2.75) is 20.0 Å². The maximum atomic E-state index is 2.53. The van der Waals surface area contributed by atoms with Gasteiger partial charge in [0.2, 0.25) is 0 Å². The lowest BCUT2D eigenvalue weighted by Gasteiger charge is -2.21. The molecule has 0 saturated heterocycles. The van der Waals surface area contributed by atoms with Crippen molar-refractivity contribution in [3.05, 3.63) is 120 Å². The maximum absolute atomic E-state index is 2.53. The van der Waals surface area contributed by atoms with Crippen LogP contribution < -0.4 is 0 Å². The molecule has 0 aromatic heterocycles. The summed E-state index contributed by atoms with van der Waals surface area (Å²) in [6.07, 6.45) is 0. The summed E-state index contributed by atoms with van der Waals surface area (Å²) in [4.78, 5) is 2.53. The van der Waals surface area contributed by atoms with Gasteiger partial charge in [-0.3, -0.25) is 4.90 Å². The first-order chi connectivity index (χ1) is 16.3. The highest BCUT2D eigenvalue weighted by Gasteiger charge is 2.09. The van der Waals surface area contributed by atoms with Crippen molar-refractivity contribution in [1.29, 1.82) is 0 Å². The fraction of sp³-hybridized carbons (Fsp3) is 0.125. The lowest BCUT2D eigenvalue weighted by atomic mass is 9.99. The van der Waals surface area contributed by atoms with Crippen molar-refractivity contribution < 1.29 is 0 Å². The van der Waals surface area contributed by atoms with E-state index in [0.717, 1.165) is 19.6 Å². The molecule has 0 fully saturated rings. The Morgan fingerprint density at radius 1 is 0.455 bits per heavy atom. The van der Waals surface area contributed by atoms with Crippen LogP contribution in [0.2, 0.25) is 0 Å². The Kier molecular flexibility index (Phi) is 5.05. The molecule has 0 heterocycles. The second-order valence-electron chi connectivity index (χ2n) is 8.99. The molecule has 0 atom stereocenters. The first kappa shape index (κ1) is 20.0. The Bertz CT molecular complexity index is 1490. The predicted molar refractivity (Wildman–Crippen MR) is 143 cm³/mol. The molecule has 0 spiro atoms. The van der Waals surface area contributed by atoms with Crippen LogP contribution in [0.3, 0.4) is 0 Å². The van der Waals surface area contributed by atoms with Crippen LogP contribution in [0.15, 0.2) is 109 Å².